The number of rotatable bonds is 8. The molecule has 0 N–H and O–H groups in total. The number of ether oxygens (including phenoxy) is 1. The molecule has 1 aromatic heterocycles. The quantitative estimate of drug-likeness (QED) is 0.512. The van der Waals surface area contributed by atoms with Gasteiger partial charge in [0.15, 0.2) is 5.13 Å². The standard InChI is InChI=1S/C23H27N3O3S/c1-5-29-21(28)15-25(4)14-20(27)26(13-18-9-7-6-8-10-18)23-24-22-17(3)16(2)11-12-19(22)30-23/h6-12H,5,13-15H2,1-4H3. The van der Waals surface area contributed by atoms with E-state index >= 15 is 0 Å². The molecule has 6 nitrogen and oxygen atoms in total. The van der Waals surface area contributed by atoms with E-state index in [1.807, 2.05) is 30.3 Å². The maximum atomic E-state index is 13.2. The number of amides is 1. The number of esters is 1. The number of aryl methyl sites for hydroxylation is 2. The van der Waals surface area contributed by atoms with E-state index in [-0.39, 0.29) is 25.0 Å². The number of fused-ring (bicyclic) bond motifs is 1. The molecule has 0 saturated heterocycles. The summed E-state index contributed by atoms with van der Waals surface area (Å²) in [5.41, 5.74) is 4.25. The van der Waals surface area contributed by atoms with Crippen LogP contribution in [0.25, 0.3) is 10.2 Å². The Morgan fingerprint density at radius 2 is 1.80 bits per heavy atom. The topological polar surface area (TPSA) is 62.7 Å². The van der Waals surface area contributed by atoms with Crippen molar-refractivity contribution in [2.75, 3.05) is 31.6 Å². The summed E-state index contributed by atoms with van der Waals surface area (Å²) >= 11 is 1.51. The third-order valence-corrected chi connectivity index (χ3v) is 5.94. The zero-order chi connectivity index (χ0) is 21.7. The van der Waals surface area contributed by atoms with Gasteiger partial charge in [-0.25, -0.2) is 4.98 Å². The van der Waals surface area contributed by atoms with Crippen molar-refractivity contribution in [3.63, 3.8) is 0 Å². The summed E-state index contributed by atoms with van der Waals surface area (Å²) in [5.74, 6) is -0.451. The van der Waals surface area contributed by atoms with Crippen LogP contribution in [0.1, 0.15) is 23.6 Å². The van der Waals surface area contributed by atoms with Crippen LogP contribution in [-0.4, -0.2) is 48.5 Å². The summed E-state index contributed by atoms with van der Waals surface area (Å²) in [5, 5.41) is 0.664. The fourth-order valence-corrected chi connectivity index (χ4v) is 4.20. The summed E-state index contributed by atoms with van der Waals surface area (Å²) in [6, 6.07) is 14.0. The van der Waals surface area contributed by atoms with Crippen LogP contribution in [0.3, 0.4) is 0 Å². The Bertz CT molecular complexity index is 1030. The van der Waals surface area contributed by atoms with Crippen molar-refractivity contribution in [3.05, 3.63) is 59.2 Å². The Morgan fingerprint density at radius 3 is 2.50 bits per heavy atom. The summed E-state index contributed by atoms with van der Waals surface area (Å²) in [4.78, 5) is 33.2. The molecule has 0 aliphatic carbocycles. The molecule has 0 bridgehead atoms. The number of hydrogen-bond acceptors (Lipinski definition) is 6. The Labute approximate surface area is 181 Å². The van der Waals surface area contributed by atoms with Gasteiger partial charge in [-0.15, -0.1) is 0 Å². The van der Waals surface area contributed by atoms with Crippen LogP contribution in [0.5, 0.6) is 0 Å². The van der Waals surface area contributed by atoms with E-state index in [0.29, 0.717) is 18.3 Å². The van der Waals surface area contributed by atoms with E-state index < -0.39 is 0 Å². The first-order chi connectivity index (χ1) is 14.4. The zero-order valence-corrected chi connectivity index (χ0v) is 18.7. The van der Waals surface area contributed by atoms with E-state index in [2.05, 4.69) is 26.0 Å². The molecule has 2 aromatic carbocycles. The maximum Gasteiger partial charge on any atom is 0.320 e. The number of thiazole rings is 1. The van der Waals surface area contributed by atoms with E-state index in [1.165, 1.54) is 16.9 Å². The highest BCUT2D eigenvalue weighted by Crippen LogP contribution is 2.32. The normalized spacial score (nSPS) is 11.1. The van der Waals surface area contributed by atoms with Crippen LogP contribution < -0.4 is 4.90 Å². The smallest absolute Gasteiger partial charge is 0.320 e. The van der Waals surface area contributed by atoms with Gasteiger partial charge >= 0.3 is 5.97 Å². The molecule has 7 heteroatoms. The molecular weight excluding hydrogens is 398 g/mol. The van der Waals surface area contributed by atoms with E-state index in [0.717, 1.165) is 21.3 Å². The van der Waals surface area contributed by atoms with Gasteiger partial charge in [0.05, 0.1) is 36.5 Å². The van der Waals surface area contributed by atoms with E-state index in [9.17, 15) is 9.59 Å². The molecule has 1 heterocycles. The molecule has 0 fully saturated rings. The van der Waals surface area contributed by atoms with Gasteiger partial charge in [0.1, 0.15) is 0 Å². The number of nitrogens with zero attached hydrogens (tertiary/aromatic N) is 3. The molecule has 30 heavy (non-hydrogen) atoms. The molecule has 0 spiro atoms. The molecule has 0 aliphatic rings. The molecule has 0 unspecified atom stereocenters. The van der Waals surface area contributed by atoms with Crippen molar-refractivity contribution in [1.82, 2.24) is 9.88 Å². The highest BCUT2D eigenvalue weighted by atomic mass is 32.1. The van der Waals surface area contributed by atoms with Crippen LogP contribution in [0.2, 0.25) is 0 Å². The summed E-state index contributed by atoms with van der Waals surface area (Å²) < 4.78 is 6.04. The molecule has 1 amide bonds. The predicted octanol–water partition coefficient (Wildman–Crippen LogP) is 3.94. The van der Waals surface area contributed by atoms with Crippen molar-refractivity contribution in [1.29, 1.82) is 0 Å². The fourth-order valence-electron chi connectivity index (χ4n) is 3.16. The van der Waals surface area contributed by atoms with Gasteiger partial charge in [-0.1, -0.05) is 47.7 Å². The average molecular weight is 426 g/mol. The first-order valence-corrected chi connectivity index (χ1v) is 10.8. The van der Waals surface area contributed by atoms with Gasteiger partial charge in [-0.3, -0.25) is 19.4 Å². The first kappa shape index (κ1) is 21.9. The van der Waals surface area contributed by atoms with Gasteiger partial charge in [0.2, 0.25) is 5.91 Å². The minimum absolute atomic E-state index is 0.0664. The van der Waals surface area contributed by atoms with Gasteiger partial charge in [0, 0.05) is 0 Å². The second kappa shape index (κ2) is 9.82. The SMILES string of the molecule is CCOC(=O)CN(C)CC(=O)N(Cc1ccccc1)c1nc2c(C)c(C)ccc2s1. The Hall–Kier alpha value is -2.77. The minimum Gasteiger partial charge on any atom is -0.465 e. The largest absolute Gasteiger partial charge is 0.465 e. The zero-order valence-electron chi connectivity index (χ0n) is 17.8. The average Bonchev–Trinajstić information content (AvgIpc) is 3.14. The second-order valence-electron chi connectivity index (χ2n) is 7.29. The molecule has 0 aliphatic heterocycles. The third kappa shape index (κ3) is 5.23. The minimum atomic E-state index is -0.339. The van der Waals surface area contributed by atoms with Crippen LogP contribution in [0.4, 0.5) is 5.13 Å². The van der Waals surface area contributed by atoms with Crippen LogP contribution in [0, 0.1) is 13.8 Å². The Balaban J connectivity index is 1.88. The van der Waals surface area contributed by atoms with Crippen molar-refractivity contribution in [3.8, 4) is 0 Å². The highest BCUT2D eigenvalue weighted by molar-refractivity contribution is 7.22. The summed E-state index contributed by atoms with van der Waals surface area (Å²) in [6.07, 6.45) is 0. The summed E-state index contributed by atoms with van der Waals surface area (Å²) in [6.45, 7) is 6.79. The van der Waals surface area contributed by atoms with Crippen molar-refractivity contribution in [2.24, 2.45) is 0 Å². The number of aromatic nitrogens is 1. The van der Waals surface area contributed by atoms with Gasteiger partial charge in [-0.2, -0.15) is 0 Å². The molecule has 0 saturated carbocycles. The highest BCUT2D eigenvalue weighted by Gasteiger charge is 2.23. The lowest BCUT2D eigenvalue weighted by Crippen LogP contribution is -2.40. The monoisotopic (exact) mass is 425 g/mol. The number of carbonyl (C=O) groups is 2. The molecule has 158 valence electrons. The molecular formula is C23H27N3O3S. The van der Waals surface area contributed by atoms with E-state index in [1.54, 1.807) is 23.8 Å². The lowest BCUT2D eigenvalue weighted by molar-refractivity contribution is -0.144. The van der Waals surface area contributed by atoms with Crippen LogP contribution >= 0.6 is 11.3 Å². The molecule has 3 aromatic rings. The van der Waals surface area contributed by atoms with Crippen LogP contribution in [0.15, 0.2) is 42.5 Å². The maximum absolute atomic E-state index is 13.2. The lowest BCUT2D eigenvalue weighted by Gasteiger charge is -2.23. The Morgan fingerprint density at radius 1 is 1.07 bits per heavy atom. The van der Waals surface area contributed by atoms with Crippen LogP contribution in [-0.2, 0) is 20.9 Å². The fraction of sp³-hybridized carbons (Fsp3) is 0.348. The van der Waals surface area contributed by atoms with Crippen molar-refractivity contribution >= 4 is 38.6 Å². The first-order valence-electron chi connectivity index (χ1n) is 9.94. The summed E-state index contributed by atoms with van der Waals surface area (Å²) in [7, 11) is 1.74. The van der Waals surface area contributed by atoms with Crippen molar-refractivity contribution < 1.29 is 14.3 Å². The number of carbonyl (C=O) groups excluding carboxylic acids is 2. The number of likely N-dealkylation sites (N-methyl/N-ethyl adjacent to an activating group) is 1. The van der Waals surface area contributed by atoms with E-state index in [4.69, 9.17) is 9.72 Å². The number of benzene rings is 2. The predicted molar refractivity (Wildman–Crippen MR) is 121 cm³/mol. The van der Waals surface area contributed by atoms with Gasteiger partial charge < -0.3 is 4.74 Å². The van der Waals surface area contributed by atoms with Crippen molar-refractivity contribution in [2.45, 2.75) is 27.3 Å². The molecule has 0 atom stereocenters. The molecule has 0 radical (unpaired) electrons. The third-order valence-electron chi connectivity index (χ3n) is 4.90. The number of hydrogen-bond donors (Lipinski definition) is 0. The molecule has 3 rings (SSSR count). The van der Waals surface area contributed by atoms with Gasteiger partial charge in [0.25, 0.3) is 0 Å². The lowest BCUT2D eigenvalue weighted by atomic mass is 10.1. The Kier molecular flexibility index (Phi) is 7.18. The number of anilines is 1. The van der Waals surface area contributed by atoms with Gasteiger partial charge in [-0.05, 0) is 50.6 Å². The second-order valence-corrected chi connectivity index (χ2v) is 8.30.